The van der Waals surface area contributed by atoms with Gasteiger partial charge in [-0.3, -0.25) is 0 Å². The van der Waals surface area contributed by atoms with Gasteiger partial charge in [-0.25, -0.2) is 0 Å². The van der Waals surface area contributed by atoms with Crippen LogP contribution in [0.3, 0.4) is 0 Å². The van der Waals surface area contributed by atoms with E-state index in [1.807, 2.05) is 0 Å². The highest BCUT2D eigenvalue weighted by Crippen LogP contribution is 2.36. The van der Waals surface area contributed by atoms with Gasteiger partial charge < -0.3 is 0 Å². The molecule has 0 N–H and O–H groups in total. The molecule has 0 amide bonds. The van der Waals surface area contributed by atoms with Gasteiger partial charge in [-0.15, -0.1) is 0 Å². The summed E-state index contributed by atoms with van der Waals surface area (Å²) in [6.45, 7) is 11.1. The molecule has 11 heavy (non-hydrogen) atoms. The van der Waals surface area contributed by atoms with Crippen LogP contribution >= 0.6 is 0 Å². The zero-order chi connectivity index (χ0) is 8.65. The standard InChI is InChI=1S/C11H17/c1-8-6-7-11(4,5)10(3)9(8)2/h7-8H,1-5H3. The van der Waals surface area contributed by atoms with Crippen LogP contribution in [0.4, 0.5) is 0 Å². The third kappa shape index (κ3) is 1.40. The van der Waals surface area contributed by atoms with Gasteiger partial charge in [0, 0.05) is 11.3 Å². The third-order valence-corrected chi connectivity index (χ3v) is 2.90. The summed E-state index contributed by atoms with van der Waals surface area (Å²) in [5.41, 5.74) is 3.22. The van der Waals surface area contributed by atoms with Gasteiger partial charge in [0.15, 0.2) is 0 Å². The first-order valence-electron chi connectivity index (χ1n) is 4.23. The number of hydrogen-bond acceptors (Lipinski definition) is 0. The molecule has 0 saturated carbocycles. The second-order valence-electron chi connectivity index (χ2n) is 4.06. The van der Waals surface area contributed by atoms with Crippen LogP contribution in [0.1, 0.15) is 34.6 Å². The molecular weight excluding hydrogens is 132 g/mol. The highest BCUT2D eigenvalue weighted by Gasteiger charge is 2.23. The summed E-state index contributed by atoms with van der Waals surface area (Å²) < 4.78 is 0. The first-order valence-corrected chi connectivity index (χ1v) is 4.23. The quantitative estimate of drug-likeness (QED) is 0.463. The molecule has 0 fully saturated rings. The molecule has 61 valence electrons. The minimum atomic E-state index is 0.233. The van der Waals surface area contributed by atoms with E-state index in [0.717, 1.165) is 0 Å². The molecule has 0 saturated heterocycles. The Morgan fingerprint density at radius 1 is 1.36 bits per heavy atom. The van der Waals surface area contributed by atoms with Crippen molar-refractivity contribution in [3.05, 3.63) is 23.3 Å². The van der Waals surface area contributed by atoms with Crippen LogP contribution in [0.15, 0.2) is 17.2 Å². The van der Waals surface area contributed by atoms with Gasteiger partial charge in [0.1, 0.15) is 0 Å². The molecule has 0 aromatic rings. The molecule has 1 unspecified atom stereocenters. The van der Waals surface area contributed by atoms with Crippen molar-refractivity contribution in [2.75, 3.05) is 0 Å². The summed E-state index contributed by atoms with van der Waals surface area (Å²) in [5.74, 6) is 0.517. The van der Waals surface area contributed by atoms with Crippen LogP contribution < -0.4 is 0 Å². The zero-order valence-corrected chi connectivity index (χ0v) is 8.15. The molecule has 1 atom stereocenters. The molecule has 0 nitrogen and oxygen atoms in total. The summed E-state index contributed by atoms with van der Waals surface area (Å²) >= 11 is 0. The molecular formula is C11H17. The normalized spacial score (nSPS) is 29.4. The van der Waals surface area contributed by atoms with E-state index < -0.39 is 0 Å². The van der Waals surface area contributed by atoms with Crippen molar-refractivity contribution in [2.45, 2.75) is 34.6 Å². The molecule has 0 bridgehead atoms. The maximum Gasteiger partial charge on any atom is 0.00404 e. The maximum atomic E-state index is 3.37. The fourth-order valence-electron chi connectivity index (χ4n) is 1.40. The highest BCUT2D eigenvalue weighted by molar-refractivity contribution is 5.29. The van der Waals surface area contributed by atoms with Crippen LogP contribution in [-0.2, 0) is 0 Å². The molecule has 1 aliphatic carbocycles. The van der Waals surface area contributed by atoms with E-state index in [4.69, 9.17) is 0 Å². The lowest BCUT2D eigenvalue weighted by Crippen LogP contribution is -2.17. The molecule has 0 heterocycles. The summed E-state index contributed by atoms with van der Waals surface area (Å²) in [6.07, 6.45) is 5.56. The van der Waals surface area contributed by atoms with E-state index in [1.54, 1.807) is 0 Å². The van der Waals surface area contributed by atoms with Crippen molar-refractivity contribution in [2.24, 2.45) is 11.3 Å². The predicted octanol–water partition coefficient (Wildman–Crippen LogP) is 3.36. The average Bonchev–Trinajstić information content (AvgIpc) is 1.95. The van der Waals surface area contributed by atoms with Crippen molar-refractivity contribution >= 4 is 0 Å². The molecule has 0 aliphatic heterocycles. The van der Waals surface area contributed by atoms with Crippen molar-refractivity contribution < 1.29 is 0 Å². The molecule has 1 aliphatic rings. The van der Waals surface area contributed by atoms with E-state index in [2.05, 4.69) is 46.8 Å². The SMILES string of the molecule is CC1=C(C)C(C)(C)C=[C]C1C. The number of hydrogen-bond donors (Lipinski definition) is 0. The van der Waals surface area contributed by atoms with Crippen LogP contribution in [0.25, 0.3) is 0 Å². The molecule has 1 radical (unpaired) electrons. The lowest BCUT2D eigenvalue weighted by Gasteiger charge is -2.30. The van der Waals surface area contributed by atoms with Crippen LogP contribution in [-0.4, -0.2) is 0 Å². The lowest BCUT2D eigenvalue weighted by atomic mass is 9.75. The van der Waals surface area contributed by atoms with Gasteiger partial charge in [0.2, 0.25) is 0 Å². The second-order valence-corrected chi connectivity index (χ2v) is 4.06. The highest BCUT2D eigenvalue weighted by atomic mass is 14.3. The maximum absolute atomic E-state index is 3.37. The van der Waals surface area contributed by atoms with Crippen LogP contribution in [0.2, 0.25) is 0 Å². The van der Waals surface area contributed by atoms with E-state index in [0.29, 0.717) is 5.92 Å². The van der Waals surface area contributed by atoms with Crippen LogP contribution in [0, 0.1) is 17.4 Å². The van der Waals surface area contributed by atoms with Crippen LogP contribution in [0.5, 0.6) is 0 Å². The van der Waals surface area contributed by atoms with Gasteiger partial charge in [-0.1, -0.05) is 38.0 Å². The van der Waals surface area contributed by atoms with Crippen molar-refractivity contribution in [1.29, 1.82) is 0 Å². The average molecular weight is 149 g/mol. The second kappa shape index (κ2) is 2.51. The Morgan fingerprint density at radius 3 is 2.36 bits per heavy atom. The number of allylic oxidation sites excluding steroid dienone is 4. The van der Waals surface area contributed by atoms with Crippen molar-refractivity contribution in [3.8, 4) is 0 Å². The van der Waals surface area contributed by atoms with Gasteiger partial charge in [0.25, 0.3) is 0 Å². The Kier molecular flexibility index (Phi) is 1.96. The van der Waals surface area contributed by atoms with E-state index in [-0.39, 0.29) is 5.41 Å². The molecule has 0 aromatic heterocycles. The smallest absolute Gasteiger partial charge is 0.00404 e. The van der Waals surface area contributed by atoms with Gasteiger partial charge >= 0.3 is 0 Å². The predicted molar refractivity (Wildman–Crippen MR) is 49.1 cm³/mol. The fourth-order valence-corrected chi connectivity index (χ4v) is 1.40. The monoisotopic (exact) mass is 149 g/mol. The first kappa shape index (κ1) is 8.58. The molecule has 0 spiro atoms. The fraction of sp³-hybridized carbons (Fsp3) is 0.636. The Balaban J connectivity index is 3.04. The minimum Gasteiger partial charge on any atom is -0.0707 e. The Bertz CT molecular complexity index is 216. The number of rotatable bonds is 0. The minimum absolute atomic E-state index is 0.233. The van der Waals surface area contributed by atoms with Crippen molar-refractivity contribution in [3.63, 3.8) is 0 Å². The first-order chi connectivity index (χ1) is 4.95. The van der Waals surface area contributed by atoms with Gasteiger partial charge in [-0.05, 0) is 19.9 Å². The molecule has 0 aromatic carbocycles. The molecule has 0 heteroatoms. The van der Waals surface area contributed by atoms with Gasteiger partial charge in [-0.2, -0.15) is 0 Å². The van der Waals surface area contributed by atoms with Gasteiger partial charge in [0.05, 0.1) is 0 Å². The van der Waals surface area contributed by atoms with E-state index >= 15 is 0 Å². The topological polar surface area (TPSA) is 0 Å². The summed E-state index contributed by atoms with van der Waals surface area (Å²) in [7, 11) is 0. The van der Waals surface area contributed by atoms with E-state index in [9.17, 15) is 0 Å². The largest absolute Gasteiger partial charge is 0.0707 e. The summed E-state index contributed by atoms with van der Waals surface area (Å²) in [4.78, 5) is 0. The Labute approximate surface area is 70.0 Å². The third-order valence-electron chi connectivity index (χ3n) is 2.90. The van der Waals surface area contributed by atoms with E-state index in [1.165, 1.54) is 11.1 Å². The van der Waals surface area contributed by atoms with Crippen molar-refractivity contribution in [1.82, 2.24) is 0 Å². The summed E-state index contributed by atoms with van der Waals surface area (Å²) in [5, 5.41) is 0. The Morgan fingerprint density at radius 2 is 1.91 bits per heavy atom. The Hall–Kier alpha value is -0.520. The lowest BCUT2D eigenvalue weighted by molar-refractivity contribution is 0.534. The summed E-state index contributed by atoms with van der Waals surface area (Å²) in [6, 6.07) is 0. The zero-order valence-electron chi connectivity index (χ0n) is 8.15. The molecule has 1 rings (SSSR count).